The lowest BCUT2D eigenvalue weighted by Crippen LogP contribution is -2.41. The number of halogens is 2. The number of anilines is 1. The van der Waals surface area contributed by atoms with Gasteiger partial charge in [0.05, 0.1) is 13.2 Å². The van der Waals surface area contributed by atoms with Crippen molar-refractivity contribution in [2.75, 3.05) is 44.7 Å². The van der Waals surface area contributed by atoms with Crippen molar-refractivity contribution in [3.8, 4) is 0 Å². The highest BCUT2D eigenvalue weighted by Gasteiger charge is 2.42. The van der Waals surface area contributed by atoms with E-state index < -0.39 is 0 Å². The Morgan fingerprint density at radius 3 is 2.78 bits per heavy atom. The number of amides is 1. The molecule has 6 nitrogen and oxygen atoms in total. The number of rotatable bonds is 5. The fraction of sp³-hybridized carbons (Fsp3) is 0.579. The molecule has 0 aromatic heterocycles. The Labute approximate surface area is 186 Å². The van der Waals surface area contributed by atoms with E-state index in [0.29, 0.717) is 18.4 Å². The molecule has 0 radical (unpaired) electrons. The standard InChI is InChI=1S/C19H27BrN4O2.HI/c1-2-21-18(24-11-8-19(13-24)9-12-26-14-19)22-10-7-17(25)23-16-5-3-15(20)4-6-16;/h3-6H,2,7-14H2,1H3,(H,21,22)(H,23,25);1H. The number of nitrogens with one attached hydrogen (secondary N) is 2. The Morgan fingerprint density at radius 2 is 2.11 bits per heavy atom. The van der Waals surface area contributed by atoms with Crippen LogP contribution < -0.4 is 10.6 Å². The summed E-state index contributed by atoms with van der Waals surface area (Å²) in [4.78, 5) is 19.1. The molecule has 1 spiro atoms. The zero-order valence-electron chi connectivity index (χ0n) is 15.7. The van der Waals surface area contributed by atoms with Gasteiger partial charge in [-0.2, -0.15) is 0 Å². The van der Waals surface area contributed by atoms with Gasteiger partial charge in [-0.15, -0.1) is 24.0 Å². The van der Waals surface area contributed by atoms with E-state index in [1.165, 1.54) is 0 Å². The van der Waals surface area contributed by atoms with E-state index in [4.69, 9.17) is 4.74 Å². The molecule has 2 aliphatic heterocycles. The summed E-state index contributed by atoms with van der Waals surface area (Å²) in [6, 6.07) is 7.57. The second-order valence-corrected chi connectivity index (χ2v) is 7.93. The first-order chi connectivity index (χ1) is 12.6. The van der Waals surface area contributed by atoms with Crippen molar-refractivity contribution in [2.45, 2.75) is 26.2 Å². The second-order valence-electron chi connectivity index (χ2n) is 7.01. The first-order valence-electron chi connectivity index (χ1n) is 9.27. The maximum Gasteiger partial charge on any atom is 0.226 e. The van der Waals surface area contributed by atoms with Crippen molar-refractivity contribution in [3.63, 3.8) is 0 Å². The van der Waals surface area contributed by atoms with Gasteiger partial charge in [-0.05, 0) is 44.0 Å². The van der Waals surface area contributed by atoms with Crippen LogP contribution in [-0.2, 0) is 9.53 Å². The molecule has 1 aromatic rings. The predicted octanol–water partition coefficient (Wildman–Crippen LogP) is 3.47. The highest BCUT2D eigenvalue weighted by Crippen LogP contribution is 2.38. The number of nitrogens with zero attached hydrogens (tertiary/aromatic N) is 2. The second kappa shape index (κ2) is 10.6. The van der Waals surface area contributed by atoms with Gasteiger partial charge in [-0.1, -0.05) is 15.9 Å². The Bertz CT molecular complexity index is 648. The maximum absolute atomic E-state index is 12.1. The lowest BCUT2D eigenvalue weighted by Gasteiger charge is -2.24. The SMILES string of the molecule is CCNC(=NCCC(=O)Nc1ccc(Br)cc1)N1CCC2(CCOC2)C1.I. The quantitative estimate of drug-likeness (QED) is 0.335. The summed E-state index contributed by atoms with van der Waals surface area (Å²) in [6.07, 6.45) is 2.66. The van der Waals surface area contributed by atoms with Gasteiger partial charge in [0, 0.05) is 48.2 Å². The molecule has 2 fully saturated rings. The van der Waals surface area contributed by atoms with Gasteiger partial charge in [0.1, 0.15) is 0 Å². The van der Waals surface area contributed by atoms with Crippen LogP contribution in [0.4, 0.5) is 5.69 Å². The topological polar surface area (TPSA) is 66.0 Å². The number of aliphatic imine (C=N–C) groups is 1. The van der Waals surface area contributed by atoms with Crippen LogP contribution in [0.15, 0.2) is 33.7 Å². The average molecular weight is 551 g/mol. The van der Waals surface area contributed by atoms with Crippen LogP contribution in [0.25, 0.3) is 0 Å². The number of hydrogen-bond donors (Lipinski definition) is 2. The van der Waals surface area contributed by atoms with Crippen LogP contribution in [0, 0.1) is 5.41 Å². The minimum absolute atomic E-state index is 0. The molecular formula is C19H28BrIN4O2. The summed E-state index contributed by atoms with van der Waals surface area (Å²) in [6.45, 7) is 7.09. The van der Waals surface area contributed by atoms with Gasteiger partial charge in [0.25, 0.3) is 0 Å². The molecular weight excluding hydrogens is 523 g/mol. The molecule has 0 bridgehead atoms. The van der Waals surface area contributed by atoms with Crippen molar-refractivity contribution < 1.29 is 9.53 Å². The molecule has 2 heterocycles. The summed E-state index contributed by atoms with van der Waals surface area (Å²) < 4.78 is 6.60. The Balaban J connectivity index is 0.00000261. The third kappa shape index (κ3) is 6.32. The van der Waals surface area contributed by atoms with Crippen molar-refractivity contribution in [2.24, 2.45) is 10.4 Å². The predicted molar refractivity (Wildman–Crippen MR) is 123 cm³/mol. The van der Waals surface area contributed by atoms with Gasteiger partial charge in [0.15, 0.2) is 5.96 Å². The lowest BCUT2D eigenvalue weighted by molar-refractivity contribution is -0.116. The van der Waals surface area contributed by atoms with Crippen molar-refractivity contribution in [3.05, 3.63) is 28.7 Å². The first kappa shape index (κ1) is 22.4. The molecule has 27 heavy (non-hydrogen) atoms. The molecule has 1 unspecified atom stereocenters. The van der Waals surface area contributed by atoms with E-state index in [9.17, 15) is 4.79 Å². The molecule has 8 heteroatoms. The number of guanidine groups is 1. The van der Waals surface area contributed by atoms with E-state index in [0.717, 1.165) is 61.8 Å². The molecule has 1 aromatic carbocycles. The highest BCUT2D eigenvalue weighted by molar-refractivity contribution is 14.0. The Morgan fingerprint density at radius 1 is 1.33 bits per heavy atom. The number of carbonyl (C=O) groups is 1. The smallest absolute Gasteiger partial charge is 0.226 e. The first-order valence-corrected chi connectivity index (χ1v) is 10.1. The van der Waals surface area contributed by atoms with Crippen LogP contribution in [0.5, 0.6) is 0 Å². The molecule has 2 N–H and O–H groups in total. The number of likely N-dealkylation sites (tertiary alicyclic amines) is 1. The zero-order valence-corrected chi connectivity index (χ0v) is 19.6. The van der Waals surface area contributed by atoms with E-state index in [1.54, 1.807) is 0 Å². The third-order valence-corrected chi connectivity index (χ3v) is 5.51. The van der Waals surface area contributed by atoms with Crippen molar-refractivity contribution in [1.29, 1.82) is 0 Å². The minimum Gasteiger partial charge on any atom is -0.381 e. The van der Waals surface area contributed by atoms with Crippen LogP contribution in [0.1, 0.15) is 26.2 Å². The number of ether oxygens (including phenoxy) is 1. The van der Waals surface area contributed by atoms with Gasteiger partial charge in [-0.25, -0.2) is 0 Å². The van der Waals surface area contributed by atoms with Gasteiger partial charge >= 0.3 is 0 Å². The largest absolute Gasteiger partial charge is 0.381 e. The van der Waals surface area contributed by atoms with Crippen LogP contribution in [0.2, 0.25) is 0 Å². The lowest BCUT2D eigenvalue weighted by atomic mass is 9.87. The fourth-order valence-corrected chi connectivity index (χ4v) is 3.80. The Kier molecular flexibility index (Phi) is 8.81. The summed E-state index contributed by atoms with van der Waals surface area (Å²) in [5.41, 5.74) is 1.10. The average Bonchev–Trinajstić information content (AvgIpc) is 3.26. The zero-order chi connectivity index (χ0) is 18.4. The minimum atomic E-state index is -0.0194. The van der Waals surface area contributed by atoms with E-state index in [-0.39, 0.29) is 29.9 Å². The Hall–Kier alpha value is -0.870. The number of carbonyl (C=O) groups excluding carboxylic acids is 1. The molecule has 0 aliphatic carbocycles. The molecule has 2 aliphatic rings. The van der Waals surface area contributed by atoms with Crippen LogP contribution in [0.3, 0.4) is 0 Å². The number of hydrogen-bond acceptors (Lipinski definition) is 3. The van der Waals surface area contributed by atoms with Gasteiger partial charge in [-0.3, -0.25) is 9.79 Å². The van der Waals surface area contributed by atoms with Gasteiger partial charge < -0.3 is 20.3 Å². The van der Waals surface area contributed by atoms with E-state index in [1.807, 2.05) is 24.3 Å². The molecule has 2 saturated heterocycles. The molecule has 0 saturated carbocycles. The summed E-state index contributed by atoms with van der Waals surface area (Å²) in [5, 5.41) is 6.26. The third-order valence-electron chi connectivity index (χ3n) is 4.99. The fourth-order valence-electron chi connectivity index (χ4n) is 3.53. The normalized spacial score (nSPS) is 22.0. The van der Waals surface area contributed by atoms with Crippen molar-refractivity contribution >= 4 is 57.5 Å². The van der Waals surface area contributed by atoms with Crippen LogP contribution >= 0.6 is 39.9 Å². The van der Waals surface area contributed by atoms with Gasteiger partial charge in [0.2, 0.25) is 5.91 Å². The molecule has 1 atom stereocenters. The molecule has 1 amide bonds. The van der Waals surface area contributed by atoms with Crippen molar-refractivity contribution in [1.82, 2.24) is 10.2 Å². The highest BCUT2D eigenvalue weighted by atomic mass is 127. The maximum atomic E-state index is 12.1. The summed E-state index contributed by atoms with van der Waals surface area (Å²) in [7, 11) is 0. The van der Waals surface area contributed by atoms with E-state index in [2.05, 4.69) is 43.4 Å². The summed E-state index contributed by atoms with van der Waals surface area (Å²) in [5.74, 6) is 0.890. The van der Waals surface area contributed by atoms with E-state index >= 15 is 0 Å². The monoisotopic (exact) mass is 550 g/mol. The summed E-state index contributed by atoms with van der Waals surface area (Å²) >= 11 is 3.39. The van der Waals surface area contributed by atoms with Crippen LogP contribution in [-0.4, -0.2) is 56.2 Å². The number of benzene rings is 1. The molecule has 150 valence electrons. The molecule has 3 rings (SSSR count).